The van der Waals surface area contributed by atoms with Crippen LogP contribution in [0.2, 0.25) is 0 Å². The van der Waals surface area contributed by atoms with E-state index in [1.54, 1.807) is 17.5 Å². The summed E-state index contributed by atoms with van der Waals surface area (Å²) in [5, 5.41) is 0. The van der Waals surface area contributed by atoms with E-state index in [0.29, 0.717) is 12.1 Å². The van der Waals surface area contributed by atoms with Gasteiger partial charge in [0.1, 0.15) is 5.69 Å². The van der Waals surface area contributed by atoms with Crippen LogP contribution in [0.3, 0.4) is 0 Å². The van der Waals surface area contributed by atoms with Crippen molar-refractivity contribution in [1.82, 2.24) is 9.97 Å². The largest absolute Gasteiger partial charge is 0.417 e. The predicted molar refractivity (Wildman–Crippen MR) is 113 cm³/mol. The molecule has 4 rings (SSSR count). The highest BCUT2D eigenvalue weighted by Crippen LogP contribution is 2.37. The molecule has 4 nitrogen and oxygen atoms in total. The first-order chi connectivity index (χ1) is 14.3. The van der Waals surface area contributed by atoms with Crippen molar-refractivity contribution in [2.45, 2.75) is 31.3 Å². The number of rotatable bonds is 4. The summed E-state index contributed by atoms with van der Waals surface area (Å²) < 4.78 is 39.4. The number of amides is 1. The van der Waals surface area contributed by atoms with Gasteiger partial charge in [0.15, 0.2) is 0 Å². The molecule has 30 heavy (non-hydrogen) atoms. The minimum Gasteiger partial charge on any atom is -0.305 e. The summed E-state index contributed by atoms with van der Waals surface area (Å²) >= 11 is 3.13. The number of carbonyl (C=O) groups is 1. The van der Waals surface area contributed by atoms with Gasteiger partial charge in [-0.05, 0) is 36.9 Å². The summed E-state index contributed by atoms with van der Waals surface area (Å²) in [5.41, 5.74) is 1.02. The second-order valence-electron chi connectivity index (χ2n) is 6.81. The second kappa shape index (κ2) is 8.03. The molecule has 0 saturated heterocycles. The number of hydrogen-bond donors (Lipinski definition) is 0. The molecule has 0 N–H and O–H groups in total. The Kier molecular flexibility index (Phi) is 5.59. The number of halogens is 3. The molecular formula is C21H18F3N3OS2. The van der Waals surface area contributed by atoms with E-state index in [0.717, 1.165) is 33.4 Å². The highest BCUT2D eigenvalue weighted by Gasteiger charge is 2.35. The minimum absolute atomic E-state index is 0.210. The third-order valence-electron chi connectivity index (χ3n) is 4.76. The van der Waals surface area contributed by atoms with Crippen LogP contribution in [0.5, 0.6) is 0 Å². The molecule has 0 aliphatic carbocycles. The van der Waals surface area contributed by atoms with Gasteiger partial charge in [0, 0.05) is 45.6 Å². The van der Waals surface area contributed by atoms with Crippen LogP contribution in [0, 0.1) is 6.92 Å². The highest BCUT2D eigenvalue weighted by molar-refractivity contribution is 7.99. The fraction of sp³-hybridized carbons (Fsp3) is 0.286. The van der Waals surface area contributed by atoms with Gasteiger partial charge in [0.05, 0.1) is 16.9 Å². The SMILES string of the molecule is CCSc1cc(-c2ccc(C)s2)cnc1C(=O)N1CCc2ncc(C(F)(F)F)cc21. The van der Waals surface area contributed by atoms with Crippen molar-refractivity contribution in [2.24, 2.45) is 0 Å². The maximum atomic E-state index is 13.3. The number of nitrogens with zero attached hydrogens (tertiary/aromatic N) is 3. The lowest BCUT2D eigenvalue weighted by Gasteiger charge is -2.19. The quantitative estimate of drug-likeness (QED) is 0.469. The molecular weight excluding hydrogens is 431 g/mol. The van der Waals surface area contributed by atoms with Crippen LogP contribution in [0.4, 0.5) is 18.9 Å². The molecule has 0 radical (unpaired) electrons. The zero-order chi connectivity index (χ0) is 21.5. The number of anilines is 1. The third kappa shape index (κ3) is 3.96. The lowest BCUT2D eigenvalue weighted by atomic mass is 10.2. The minimum atomic E-state index is -4.51. The normalized spacial score (nSPS) is 13.6. The van der Waals surface area contributed by atoms with Gasteiger partial charge in [-0.3, -0.25) is 9.78 Å². The summed E-state index contributed by atoms with van der Waals surface area (Å²) in [6, 6.07) is 6.97. The van der Waals surface area contributed by atoms with Gasteiger partial charge in [-0.2, -0.15) is 13.2 Å². The molecule has 3 aromatic rings. The Balaban J connectivity index is 1.71. The zero-order valence-electron chi connectivity index (χ0n) is 16.3. The van der Waals surface area contributed by atoms with Crippen LogP contribution in [-0.2, 0) is 12.6 Å². The molecule has 0 atom stereocenters. The molecule has 1 aliphatic heterocycles. The fourth-order valence-corrected chi connectivity index (χ4v) is 4.98. The monoisotopic (exact) mass is 449 g/mol. The van der Waals surface area contributed by atoms with Gasteiger partial charge < -0.3 is 4.90 Å². The highest BCUT2D eigenvalue weighted by atomic mass is 32.2. The molecule has 1 amide bonds. The Hall–Kier alpha value is -2.39. The Bertz CT molecular complexity index is 1110. The summed E-state index contributed by atoms with van der Waals surface area (Å²) in [5.74, 6) is 0.338. The zero-order valence-corrected chi connectivity index (χ0v) is 17.9. The summed E-state index contributed by atoms with van der Waals surface area (Å²) in [6.45, 7) is 4.28. The molecule has 9 heteroatoms. The molecule has 0 bridgehead atoms. The molecule has 156 valence electrons. The lowest BCUT2D eigenvalue weighted by Crippen LogP contribution is -2.30. The van der Waals surface area contributed by atoms with Crippen molar-refractivity contribution in [2.75, 3.05) is 17.2 Å². The Morgan fingerprint density at radius 3 is 2.70 bits per heavy atom. The molecule has 0 unspecified atom stereocenters. The van der Waals surface area contributed by atoms with E-state index >= 15 is 0 Å². The van der Waals surface area contributed by atoms with Gasteiger partial charge in [-0.1, -0.05) is 6.92 Å². The summed E-state index contributed by atoms with van der Waals surface area (Å²) in [4.78, 5) is 25.9. The van der Waals surface area contributed by atoms with Gasteiger partial charge in [0.25, 0.3) is 5.91 Å². The average molecular weight is 450 g/mol. The molecule has 0 saturated carbocycles. The number of thiophene rings is 1. The van der Waals surface area contributed by atoms with Crippen molar-refractivity contribution in [3.05, 3.63) is 58.5 Å². The van der Waals surface area contributed by atoms with Gasteiger partial charge in [-0.15, -0.1) is 23.1 Å². The van der Waals surface area contributed by atoms with Crippen molar-refractivity contribution in [3.63, 3.8) is 0 Å². The fourth-order valence-electron chi connectivity index (χ4n) is 3.33. The third-order valence-corrected chi connectivity index (χ3v) is 6.72. The standard InChI is InChI=1S/C21H18F3N3OS2/c1-3-29-18-8-13(17-5-4-12(2)30-17)10-26-19(18)20(28)27-7-6-15-16(27)9-14(11-25-15)21(22,23)24/h4-5,8-11H,3,6-7H2,1-2H3. The topological polar surface area (TPSA) is 46.1 Å². The first kappa shape index (κ1) is 20.9. The van der Waals surface area contributed by atoms with E-state index in [1.807, 2.05) is 32.0 Å². The van der Waals surface area contributed by atoms with Crippen molar-refractivity contribution in [3.8, 4) is 10.4 Å². The number of alkyl halides is 3. The molecule has 4 heterocycles. The number of aryl methyl sites for hydroxylation is 1. The number of hydrogen-bond acceptors (Lipinski definition) is 5. The number of pyridine rings is 2. The van der Waals surface area contributed by atoms with Gasteiger partial charge >= 0.3 is 6.18 Å². The lowest BCUT2D eigenvalue weighted by molar-refractivity contribution is -0.137. The van der Waals surface area contributed by atoms with E-state index in [4.69, 9.17) is 0 Å². The van der Waals surface area contributed by atoms with E-state index in [9.17, 15) is 18.0 Å². The molecule has 0 aromatic carbocycles. The van der Waals surface area contributed by atoms with E-state index in [2.05, 4.69) is 9.97 Å². The summed E-state index contributed by atoms with van der Waals surface area (Å²) in [7, 11) is 0. The number of thioether (sulfide) groups is 1. The van der Waals surface area contributed by atoms with Crippen LogP contribution < -0.4 is 4.90 Å². The van der Waals surface area contributed by atoms with Crippen LogP contribution in [-0.4, -0.2) is 28.2 Å². The van der Waals surface area contributed by atoms with E-state index < -0.39 is 17.6 Å². The average Bonchev–Trinajstić information content (AvgIpc) is 3.33. The molecule has 1 aliphatic rings. The Morgan fingerprint density at radius 1 is 1.23 bits per heavy atom. The number of aromatic nitrogens is 2. The first-order valence-corrected chi connectivity index (χ1v) is 11.2. The first-order valence-electron chi connectivity index (χ1n) is 9.35. The van der Waals surface area contributed by atoms with Crippen LogP contribution in [0.15, 0.2) is 41.6 Å². The van der Waals surface area contributed by atoms with Crippen molar-refractivity contribution in [1.29, 1.82) is 0 Å². The maximum absolute atomic E-state index is 13.3. The van der Waals surface area contributed by atoms with Crippen LogP contribution in [0.1, 0.15) is 33.5 Å². The molecule has 3 aromatic heterocycles. The summed E-state index contributed by atoms with van der Waals surface area (Å²) in [6.07, 6.45) is -1.62. The smallest absolute Gasteiger partial charge is 0.305 e. The van der Waals surface area contributed by atoms with Crippen molar-refractivity contribution < 1.29 is 18.0 Å². The van der Waals surface area contributed by atoms with Gasteiger partial charge in [-0.25, -0.2) is 4.98 Å². The number of carbonyl (C=O) groups excluding carboxylic acids is 1. The maximum Gasteiger partial charge on any atom is 0.417 e. The van der Waals surface area contributed by atoms with Gasteiger partial charge in [0.2, 0.25) is 0 Å². The predicted octanol–water partition coefficient (Wildman–Crippen LogP) is 5.85. The Morgan fingerprint density at radius 2 is 2.03 bits per heavy atom. The Labute approximate surface area is 180 Å². The van der Waals surface area contributed by atoms with E-state index in [-0.39, 0.29) is 17.9 Å². The van der Waals surface area contributed by atoms with Crippen molar-refractivity contribution >= 4 is 34.7 Å². The van der Waals surface area contributed by atoms with E-state index in [1.165, 1.54) is 21.5 Å². The molecule has 0 fully saturated rings. The second-order valence-corrected chi connectivity index (χ2v) is 9.40. The van der Waals surface area contributed by atoms with Crippen LogP contribution >= 0.6 is 23.1 Å². The molecule has 0 spiro atoms. The van der Waals surface area contributed by atoms with Crippen LogP contribution in [0.25, 0.3) is 10.4 Å². The number of fused-ring (bicyclic) bond motifs is 1.